The first kappa shape index (κ1) is 19.6. The van der Waals surface area contributed by atoms with Gasteiger partial charge in [-0.15, -0.1) is 0 Å². The van der Waals surface area contributed by atoms with Crippen LogP contribution in [-0.4, -0.2) is 47.2 Å². The largest absolute Gasteiger partial charge is 0.341 e. The quantitative estimate of drug-likeness (QED) is 0.630. The summed E-state index contributed by atoms with van der Waals surface area (Å²) in [7, 11) is -3.47. The number of sulfonamides is 1. The van der Waals surface area contributed by atoms with E-state index in [9.17, 15) is 8.42 Å². The van der Waals surface area contributed by atoms with E-state index >= 15 is 0 Å². The molecule has 0 bridgehead atoms. The highest BCUT2D eigenvalue weighted by Crippen LogP contribution is 2.34. The van der Waals surface area contributed by atoms with E-state index in [4.69, 9.17) is 4.98 Å². The average molecular weight is 419 g/mol. The zero-order valence-corrected chi connectivity index (χ0v) is 17.9. The first-order valence-electron chi connectivity index (χ1n) is 9.78. The minimum absolute atomic E-state index is 0.316. The molecule has 2 aromatic heterocycles. The van der Waals surface area contributed by atoms with Crippen LogP contribution in [0.25, 0.3) is 11.0 Å². The van der Waals surface area contributed by atoms with Crippen molar-refractivity contribution < 1.29 is 8.42 Å². The molecule has 0 amide bonds. The number of aromatic amines is 1. The molecule has 1 aliphatic rings. The highest BCUT2D eigenvalue weighted by molar-refractivity contribution is 7.89. The number of rotatable bonds is 7. The SMILES string of the molecule is CCN(CC)S(=O)(=O)c1ccc2nc(CN3CCCC3c3ccsc3)[nH]c2c1. The number of aromatic nitrogens is 2. The topological polar surface area (TPSA) is 69.3 Å². The molecule has 1 fully saturated rings. The Hall–Kier alpha value is -1.74. The van der Waals surface area contributed by atoms with Gasteiger partial charge >= 0.3 is 0 Å². The van der Waals surface area contributed by atoms with Crippen LogP contribution in [0.1, 0.15) is 44.1 Å². The maximum atomic E-state index is 12.8. The van der Waals surface area contributed by atoms with E-state index in [0.717, 1.165) is 29.9 Å². The van der Waals surface area contributed by atoms with Crippen LogP contribution >= 0.6 is 11.3 Å². The van der Waals surface area contributed by atoms with Crippen molar-refractivity contribution in [1.29, 1.82) is 0 Å². The number of hydrogen-bond acceptors (Lipinski definition) is 5. The van der Waals surface area contributed by atoms with E-state index in [1.807, 2.05) is 13.8 Å². The lowest BCUT2D eigenvalue weighted by Crippen LogP contribution is -2.30. The van der Waals surface area contributed by atoms with Crippen LogP contribution in [0.5, 0.6) is 0 Å². The van der Waals surface area contributed by atoms with Crippen molar-refractivity contribution in [2.45, 2.75) is 44.2 Å². The van der Waals surface area contributed by atoms with Gasteiger partial charge in [0.25, 0.3) is 0 Å². The zero-order valence-electron chi connectivity index (χ0n) is 16.3. The lowest BCUT2D eigenvalue weighted by atomic mass is 10.1. The number of H-pyrrole nitrogens is 1. The summed E-state index contributed by atoms with van der Waals surface area (Å²) in [5.41, 5.74) is 2.96. The lowest BCUT2D eigenvalue weighted by Gasteiger charge is -2.22. The van der Waals surface area contributed by atoms with Gasteiger partial charge in [-0.3, -0.25) is 4.90 Å². The van der Waals surface area contributed by atoms with Gasteiger partial charge in [-0.2, -0.15) is 15.6 Å². The van der Waals surface area contributed by atoms with E-state index in [1.54, 1.807) is 29.5 Å². The van der Waals surface area contributed by atoms with Crippen molar-refractivity contribution in [2.24, 2.45) is 0 Å². The minimum Gasteiger partial charge on any atom is -0.341 e. The average Bonchev–Trinajstić information content (AvgIpc) is 3.42. The first-order valence-corrected chi connectivity index (χ1v) is 12.2. The number of likely N-dealkylation sites (tertiary alicyclic amines) is 1. The molecule has 4 rings (SSSR count). The second-order valence-electron chi connectivity index (χ2n) is 7.14. The summed E-state index contributed by atoms with van der Waals surface area (Å²) in [6.45, 7) is 6.43. The fraction of sp³-hybridized carbons (Fsp3) is 0.450. The summed E-state index contributed by atoms with van der Waals surface area (Å²) in [5, 5.41) is 4.36. The number of benzene rings is 1. The predicted molar refractivity (Wildman–Crippen MR) is 113 cm³/mol. The highest BCUT2D eigenvalue weighted by Gasteiger charge is 2.27. The van der Waals surface area contributed by atoms with E-state index in [2.05, 4.69) is 26.7 Å². The van der Waals surface area contributed by atoms with Crippen LogP contribution in [-0.2, 0) is 16.6 Å². The third-order valence-corrected chi connectivity index (χ3v) is 8.24. The van der Waals surface area contributed by atoms with Crippen molar-refractivity contribution >= 4 is 32.4 Å². The number of hydrogen-bond donors (Lipinski definition) is 1. The summed E-state index contributed by atoms with van der Waals surface area (Å²) >= 11 is 1.74. The molecule has 3 aromatic rings. The number of nitrogens with one attached hydrogen (secondary N) is 1. The van der Waals surface area contributed by atoms with Crippen LogP contribution < -0.4 is 0 Å². The Balaban J connectivity index is 1.59. The smallest absolute Gasteiger partial charge is 0.243 e. The van der Waals surface area contributed by atoms with Crippen LogP contribution in [0.3, 0.4) is 0 Å². The molecule has 1 N–H and O–H groups in total. The summed E-state index contributed by atoms with van der Waals surface area (Å²) in [6.07, 6.45) is 2.36. The van der Waals surface area contributed by atoms with Crippen molar-refractivity contribution in [2.75, 3.05) is 19.6 Å². The third-order valence-electron chi connectivity index (χ3n) is 5.49. The van der Waals surface area contributed by atoms with Crippen molar-refractivity contribution in [1.82, 2.24) is 19.2 Å². The van der Waals surface area contributed by atoms with Crippen LogP contribution in [0, 0.1) is 0 Å². The van der Waals surface area contributed by atoms with Crippen molar-refractivity contribution in [3.63, 3.8) is 0 Å². The molecular formula is C20H26N4O2S2. The molecule has 150 valence electrons. The van der Waals surface area contributed by atoms with Gasteiger partial charge in [-0.1, -0.05) is 13.8 Å². The van der Waals surface area contributed by atoms with Gasteiger partial charge < -0.3 is 4.98 Å². The fourth-order valence-electron chi connectivity index (χ4n) is 4.04. The molecular weight excluding hydrogens is 392 g/mol. The van der Waals surface area contributed by atoms with Crippen LogP contribution in [0.4, 0.5) is 0 Å². The number of nitrogens with zero attached hydrogens (tertiary/aromatic N) is 3. The van der Waals surface area contributed by atoms with Gasteiger partial charge in [0.1, 0.15) is 5.82 Å². The van der Waals surface area contributed by atoms with E-state index in [1.165, 1.54) is 22.7 Å². The first-order chi connectivity index (χ1) is 13.5. The van der Waals surface area contributed by atoms with Gasteiger partial charge in [-0.05, 0) is 60.0 Å². The summed E-state index contributed by atoms with van der Waals surface area (Å²) in [4.78, 5) is 10.8. The molecule has 1 unspecified atom stereocenters. The zero-order chi connectivity index (χ0) is 19.7. The normalized spacial score (nSPS) is 18.5. The summed E-state index contributed by atoms with van der Waals surface area (Å²) in [6, 6.07) is 7.81. The Morgan fingerprint density at radius 2 is 2.11 bits per heavy atom. The fourth-order valence-corrected chi connectivity index (χ4v) is 6.23. The van der Waals surface area contributed by atoms with Crippen LogP contribution in [0.15, 0.2) is 39.9 Å². The Labute approximate surface area is 170 Å². The van der Waals surface area contributed by atoms with Gasteiger partial charge in [0, 0.05) is 19.1 Å². The molecule has 3 heterocycles. The molecule has 0 radical (unpaired) electrons. The maximum Gasteiger partial charge on any atom is 0.243 e. The van der Waals surface area contributed by atoms with Crippen molar-refractivity contribution in [3.05, 3.63) is 46.4 Å². The minimum atomic E-state index is -3.47. The molecule has 0 aliphatic carbocycles. The molecule has 1 aromatic carbocycles. The van der Waals surface area contributed by atoms with Gasteiger partial charge in [-0.25, -0.2) is 13.4 Å². The molecule has 6 nitrogen and oxygen atoms in total. The van der Waals surface area contributed by atoms with Crippen molar-refractivity contribution in [3.8, 4) is 0 Å². The number of thiophene rings is 1. The Morgan fingerprint density at radius 1 is 1.29 bits per heavy atom. The predicted octanol–water partition coefficient (Wildman–Crippen LogP) is 3.99. The molecule has 28 heavy (non-hydrogen) atoms. The molecule has 1 saturated heterocycles. The standard InChI is InChI=1S/C20H26N4O2S2/c1-3-24(4-2)28(25,26)16-7-8-17-18(12-16)22-20(21-17)13-23-10-5-6-19(23)15-9-11-27-14-15/h7-9,11-12,14,19H,3-6,10,13H2,1-2H3,(H,21,22). The van der Waals surface area contributed by atoms with E-state index in [-0.39, 0.29) is 0 Å². The second kappa shape index (κ2) is 7.94. The van der Waals surface area contributed by atoms with E-state index in [0.29, 0.717) is 24.0 Å². The summed E-state index contributed by atoms with van der Waals surface area (Å²) < 4.78 is 27.0. The summed E-state index contributed by atoms with van der Waals surface area (Å²) in [5.74, 6) is 0.884. The Kier molecular flexibility index (Phi) is 5.55. The second-order valence-corrected chi connectivity index (χ2v) is 9.85. The molecule has 1 atom stereocenters. The number of fused-ring (bicyclic) bond motifs is 1. The molecule has 0 saturated carbocycles. The van der Waals surface area contributed by atoms with Crippen LogP contribution in [0.2, 0.25) is 0 Å². The van der Waals surface area contributed by atoms with Gasteiger partial charge in [0.05, 0.1) is 22.5 Å². The third kappa shape index (κ3) is 3.61. The van der Waals surface area contributed by atoms with Gasteiger partial charge in [0.15, 0.2) is 0 Å². The Bertz CT molecular complexity index is 1040. The maximum absolute atomic E-state index is 12.8. The molecule has 8 heteroatoms. The molecule has 1 aliphatic heterocycles. The Morgan fingerprint density at radius 3 is 2.82 bits per heavy atom. The van der Waals surface area contributed by atoms with E-state index < -0.39 is 10.0 Å². The monoisotopic (exact) mass is 418 g/mol. The van der Waals surface area contributed by atoms with Gasteiger partial charge in [0.2, 0.25) is 10.0 Å². The highest BCUT2D eigenvalue weighted by atomic mass is 32.2. The number of imidazole rings is 1. The lowest BCUT2D eigenvalue weighted by molar-refractivity contribution is 0.243. The molecule has 0 spiro atoms.